The summed E-state index contributed by atoms with van der Waals surface area (Å²) in [6.07, 6.45) is 7.56. The van der Waals surface area contributed by atoms with Crippen LogP contribution in [-0.2, 0) is 38.5 Å². The number of rotatable bonds is 5. The van der Waals surface area contributed by atoms with Crippen LogP contribution in [0, 0.1) is 0 Å². The van der Waals surface area contributed by atoms with Crippen LogP contribution >= 0.6 is 0 Å². The predicted molar refractivity (Wildman–Crippen MR) is 146 cm³/mol. The van der Waals surface area contributed by atoms with Crippen LogP contribution in [0.1, 0.15) is 64.2 Å². The van der Waals surface area contributed by atoms with Crippen molar-refractivity contribution in [2.45, 2.75) is 111 Å². The Hall–Kier alpha value is -2.61. The van der Waals surface area contributed by atoms with Gasteiger partial charge in [0.05, 0.1) is 4.90 Å². The molecule has 7 rings (SSSR count). The first-order chi connectivity index (χ1) is 19.8. The number of pyridine rings is 1. The maximum atomic E-state index is 13.7. The van der Waals surface area contributed by atoms with Crippen molar-refractivity contribution in [1.82, 2.24) is 4.98 Å². The van der Waals surface area contributed by atoms with Gasteiger partial charge in [-0.15, -0.1) is 0 Å². The van der Waals surface area contributed by atoms with Gasteiger partial charge in [-0.25, -0.2) is 13.4 Å². The van der Waals surface area contributed by atoms with E-state index in [1.807, 2.05) is 0 Å². The molecule has 11 nitrogen and oxygen atoms in total. The summed E-state index contributed by atoms with van der Waals surface area (Å²) in [4.78, 5) is 17.7. The van der Waals surface area contributed by atoms with Crippen LogP contribution in [0.5, 0.6) is 0 Å². The number of carbonyl (C=O) groups excluding carboxylic acids is 1. The number of benzene rings is 1. The molecule has 1 aromatic heterocycles. The molecule has 0 unspecified atom stereocenters. The quantitative estimate of drug-likeness (QED) is 0.533. The second-order valence-corrected chi connectivity index (χ2v) is 13.2. The minimum atomic E-state index is -3.85. The summed E-state index contributed by atoms with van der Waals surface area (Å²) < 4.78 is 60.3. The third-order valence-electron chi connectivity index (χ3n) is 8.70. The lowest BCUT2D eigenvalue weighted by Crippen LogP contribution is -2.58. The average molecular weight is 586 g/mol. The van der Waals surface area contributed by atoms with Gasteiger partial charge in [0.2, 0.25) is 0 Å². The van der Waals surface area contributed by atoms with Gasteiger partial charge in [0.25, 0.3) is 15.9 Å². The maximum absolute atomic E-state index is 13.7. The zero-order valence-electron chi connectivity index (χ0n) is 22.7. The number of nitrogens with zero attached hydrogens (tertiary/aromatic N) is 1. The fourth-order valence-corrected chi connectivity index (χ4v) is 7.73. The Morgan fingerprint density at radius 2 is 1.41 bits per heavy atom. The Kier molecular flexibility index (Phi) is 7.03. The molecule has 3 saturated heterocycles. The fourth-order valence-electron chi connectivity index (χ4n) is 6.72. The molecule has 4 heterocycles. The molecule has 0 radical (unpaired) electrons. The number of ether oxygens (including phenoxy) is 5. The van der Waals surface area contributed by atoms with E-state index in [2.05, 4.69) is 15.0 Å². The average Bonchev–Trinajstić information content (AvgIpc) is 3.51. The summed E-state index contributed by atoms with van der Waals surface area (Å²) in [6, 6.07) is 10.9. The molecule has 1 aromatic carbocycles. The number of aromatic nitrogens is 1. The summed E-state index contributed by atoms with van der Waals surface area (Å²) in [5, 5.41) is 2.87. The lowest BCUT2D eigenvalue weighted by atomic mass is 9.94. The first-order valence-electron chi connectivity index (χ1n) is 14.6. The smallest absolute Gasteiger partial charge is 0.263 e. The normalized spacial score (nSPS) is 31.9. The van der Waals surface area contributed by atoms with E-state index < -0.39 is 58.2 Å². The minimum absolute atomic E-state index is 0.0408. The third kappa shape index (κ3) is 5.26. The Labute approximate surface area is 239 Å². The zero-order valence-corrected chi connectivity index (χ0v) is 23.5. The molecule has 2 aliphatic carbocycles. The minimum Gasteiger partial charge on any atom is -0.341 e. The number of hydrogen-bond donors (Lipinski definition) is 2. The largest absolute Gasteiger partial charge is 0.341 e. The van der Waals surface area contributed by atoms with E-state index in [0.29, 0.717) is 5.69 Å². The van der Waals surface area contributed by atoms with Gasteiger partial charge >= 0.3 is 0 Å². The van der Waals surface area contributed by atoms with Crippen LogP contribution in [0.2, 0.25) is 0 Å². The Morgan fingerprint density at radius 3 is 2.07 bits per heavy atom. The SMILES string of the molecule is O=C(Nc1ccc(S(=O)(=O)Nc2ccccn2)cc1)[C@@H]1O[C@H]2OC3(CCCCC3)O[C@@H]2[C@H]2OC3(CCCCC3)O[C@H]21. The molecule has 2 saturated carbocycles. The van der Waals surface area contributed by atoms with Gasteiger partial charge in [-0.05, 0) is 62.1 Å². The molecule has 41 heavy (non-hydrogen) atoms. The van der Waals surface area contributed by atoms with Crippen LogP contribution in [0.15, 0.2) is 53.6 Å². The van der Waals surface area contributed by atoms with E-state index in [1.54, 1.807) is 18.2 Å². The van der Waals surface area contributed by atoms with E-state index in [-0.39, 0.29) is 10.7 Å². The molecule has 2 aromatic rings. The summed E-state index contributed by atoms with van der Waals surface area (Å²) >= 11 is 0. The molecule has 2 N–H and O–H groups in total. The Morgan fingerprint density at radius 1 is 0.780 bits per heavy atom. The van der Waals surface area contributed by atoms with Gasteiger partial charge in [-0.1, -0.05) is 18.9 Å². The zero-order chi connectivity index (χ0) is 28.1. The van der Waals surface area contributed by atoms with Crippen molar-refractivity contribution >= 4 is 27.4 Å². The summed E-state index contributed by atoms with van der Waals surface area (Å²) in [5.74, 6) is -1.65. The molecule has 0 bridgehead atoms. The highest BCUT2D eigenvalue weighted by atomic mass is 32.2. The van der Waals surface area contributed by atoms with Crippen LogP contribution in [0.4, 0.5) is 11.5 Å². The monoisotopic (exact) mass is 585 g/mol. The molecule has 5 fully saturated rings. The van der Waals surface area contributed by atoms with Crippen LogP contribution < -0.4 is 10.0 Å². The van der Waals surface area contributed by atoms with E-state index >= 15 is 0 Å². The predicted octanol–water partition coefficient (Wildman–Crippen LogP) is 4.07. The van der Waals surface area contributed by atoms with Crippen molar-refractivity contribution in [2.24, 2.45) is 0 Å². The van der Waals surface area contributed by atoms with Gasteiger partial charge in [0.1, 0.15) is 24.1 Å². The van der Waals surface area contributed by atoms with Crippen molar-refractivity contribution in [1.29, 1.82) is 0 Å². The summed E-state index contributed by atoms with van der Waals surface area (Å²) in [5.41, 5.74) is 0.424. The van der Waals surface area contributed by atoms with Crippen molar-refractivity contribution in [3.05, 3.63) is 48.7 Å². The molecule has 5 aliphatic rings. The molecule has 2 spiro atoms. The van der Waals surface area contributed by atoms with Gasteiger partial charge < -0.3 is 29.0 Å². The van der Waals surface area contributed by atoms with E-state index in [1.165, 1.54) is 30.5 Å². The van der Waals surface area contributed by atoms with Crippen LogP contribution in [0.3, 0.4) is 0 Å². The molecule has 3 aliphatic heterocycles. The molecular weight excluding hydrogens is 550 g/mol. The molecule has 5 atom stereocenters. The summed E-state index contributed by atoms with van der Waals surface area (Å²) in [6.45, 7) is 0. The lowest BCUT2D eigenvalue weighted by molar-refractivity contribution is -0.246. The highest BCUT2D eigenvalue weighted by Gasteiger charge is 2.65. The molecular formula is C29H35N3O8S. The number of sulfonamides is 1. The van der Waals surface area contributed by atoms with Gasteiger partial charge in [-0.3, -0.25) is 9.52 Å². The topological polar surface area (TPSA) is 134 Å². The van der Waals surface area contributed by atoms with Gasteiger partial charge in [0, 0.05) is 37.6 Å². The highest BCUT2D eigenvalue weighted by Crippen LogP contribution is 2.51. The number of fused-ring (bicyclic) bond motifs is 3. The Balaban J connectivity index is 1.09. The van der Waals surface area contributed by atoms with Crippen LogP contribution in [0.25, 0.3) is 0 Å². The second-order valence-electron chi connectivity index (χ2n) is 11.6. The highest BCUT2D eigenvalue weighted by molar-refractivity contribution is 7.92. The fraction of sp³-hybridized carbons (Fsp3) is 0.586. The van der Waals surface area contributed by atoms with E-state index in [9.17, 15) is 13.2 Å². The first-order valence-corrected chi connectivity index (χ1v) is 16.0. The molecule has 220 valence electrons. The lowest BCUT2D eigenvalue weighted by Gasteiger charge is -2.36. The van der Waals surface area contributed by atoms with Crippen molar-refractivity contribution in [3.8, 4) is 0 Å². The standard InChI is InChI=1S/C29H35N3O8S/c33-26(31-19-10-12-20(13-11-19)41(34,35)32-21-9-3-8-18-30-21)24-22-23(38-28(37-22)14-4-1-5-15-28)25-27(36-24)40-29(39-25)16-6-2-7-17-29/h3,8-13,18,22-25,27H,1-2,4-7,14-17H2,(H,30,32)(H,31,33)/t22-,23+,24-,25-,27+/m1/s1. The van der Waals surface area contributed by atoms with Crippen molar-refractivity contribution in [2.75, 3.05) is 10.0 Å². The van der Waals surface area contributed by atoms with Gasteiger partial charge in [0.15, 0.2) is 24.0 Å². The third-order valence-corrected chi connectivity index (χ3v) is 10.1. The maximum Gasteiger partial charge on any atom is 0.263 e. The van der Waals surface area contributed by atoms with Crippen molar-refractivity contribution in [3.63, 3.8) is 0 Å². The van der Waals surface area contributed by atoms with Crippen LogP contribution in [-0.4, -0.2) is 61.6 Å². The molecule has 12 heteroatoms. The number of nitrogens with one attached hydrogen (secondary N) is 2. The van der Waals surface area contributed by atoms with E-state index in [0.717, 1.165) is 64.2 Å². The number of carbonyl (C=O) groups is 1. The van der Waals surface area contributed by atoms with Crippen molar-refractivity contribution < 1.29 is 36.9 Å². The summed E-state index contributed by atoms with van der Waals surface area (Å²) in [7, 11) is -3.85. The second kappa shape index (κ2) is 10.6. The molecule has 1 amide bonds. The number of amides is 1. The van der Waals surface area contributed by atoms with E-state index in [4.69, 9.17) is 23.7 Å². The Bertz CT molecular complexity index is 1360. The number of anilines is 2. The van der Waals surface area contributed by atoms with Gasteiger partial charge in [-0.2, -0.15) is 0 Å². The number of hydrogen-bond acceptors (Lipinski definition) is 9. The first kappa shape index (κ1) is 27.2.